The number of halogens is 4. The molecule has 0 aliphatic heterocycles. The highest BCUT2D eigenvalue weighted by Gasteiger charge is 2.34. The Bertz CT molecular complexity index is 619. The molecule has 0 unspecified atom stereocenters. The van der Waals surface area contributed by atoms with Crippen molar-refractivity contribution in [1.82, 2.24) is 15.0 Å². The van der Waals surface area contributed by atoms with Gasteiger partial charge in [-0.3, -0.25) is 4.98 Å². The Morgan fingerprint density at radius 2 is 2.05 bits per heavy atom. The molecule has 0 fully saturated rings. The van der Waals surface area contributed by atoms with E-state index in [2.05, 4.69) is 15.0 Å². The molecule has 0 spiro atoms. The molecule has 2 heterocycles. The fraction of sp³-hybridized carbons (Fsp3) is 0.250. The number of alkyl halides is 3. The van der Waals surface area contributed by atoms with Gasteiger partial charge in [-0.1, -0.05) is 11.6 Å². The maximum Gasteiger partial charge on any atom is 0.417 e. The van der Waals surface area contributed by atoms with Crippen molar-refractivity contribution in [3.8, 4) is 11.3 Å². The molecule has 0 atom stereocenters. The molecule has 0 aliphatic carbocycles. The monoisotopic (exact) mass is 303 g/mol. The third-order valence-electron chi connectivity index (χ3n) is 2.42. The molecule has 0 aliphatic rings. The fourth-order valence-electron chi connectivity index (χ4n) is 1.64. The van der Waals surface area contributed by atoms with E-state index in [1.807, 2.05) is 0 Å². The first-order valence-electron chi connectivity index (χ1n) is 5.46. The number of methoxy groups -OCH3 is 1. The molecule has 106 valence electrons. The van der Waals surface area contributed by atoms with Crippen LogP contribution in [0, 0.1) is 0 Å². The molecule has 0 N–H and O–H groups in total. The Balaban J connectivity index is 2.57. The molecule has 20 heavy (non-hydrogen) atoms. The predicted molar refractivity (Wildman–Crippen MR) is 66.0 cm³/mol. The SMILES string of the molecule is COCc1nc(Cl)cc(-c2cnccc2C(F)(F)F)n1. The quantitative estimate of drug-likeness (QED) is 0.816. The predicted octanol–water partition coefficient (Wildman–Crippen LogP) is 3.36. The van der Waals surface area contributed by atoms with E-state index in [4.69, 9.17) is 16.3 Å². The lowest BCUT2D eigenvalue weighted by Gasteiger charge is -2.12. The van der Waals surface area contributed by atoms with Gasteiger partial charge in [0.05, 0.1) is 11.3 Å². The molecular weight excluding hydrogens is 295 g/mol. The third kappa shape index (κ3) is 3.23. The molecule has 0 bridgehead atoms. The van der Waals surface area contributed by atoms with E-state index in [1.54, 1.807) is 0 Å². The smallest absolute Gasteiger partial charge is 0.377 e. The number of ether oxygens (including phenoxy) is 1. The Kier molecular flexibility index (Phi) is 4.20. The van der Waals surface area contributed by atoms with Crippen LogP contribution in [-0.4, -0.2) is 22.1 Å². The molecule has 2 aromatic rings. The highest BCUT2D eigenvalue weighted by Crippen LogP contribution is 2.36. The lowest BCUT2D eigenvalue weighted by atomic mass is 10.1. The zero-order chi connectivity index (χ0) is 14.8. The van der Waals surface area contributed by atoms with Crippen LogP contribution in [0.15, 0.2) is 24.5 Å². The molecule has 2 rings (SSSR count). The molecule has 8 heteroatoms. The van der Waals surface area contributed by atoms with Crippen LogP contribution in [0.1, 0.15) is 11.4 Å². The van der Waals surface area contributed by atoms with Gasteiger partial charge in [0.1, 0.15) is 11.8 Å². The van der Waals surface area contributed by atoms with Gasteiger partial charge >= 0.3 is 6.18 Å². The van der Waals surface area contributed by atoms with Gasteiger partial charge in [0, 0.05) is 31.1 Å². The molecule has 0 aromatic carbocycles. The number of nitrogens with zero attached hydrogens (tertiary/aromatic N) is 3. The minimum atomic E-state index is -4.50. The summed E-state index contributed by atoms with van der Waals surface area (Å²) in [4.78, 5) is 11.6. The second kappa shape index (κ2) is 5.72. The average molecular weight is 304 g/mol. The Morgan fingerprint density at radius 3 is 2.70 bits per heavy atom. The summed E-state index contributed by atoms with van der Waals surface area (Å²) in [5.41, 5.74) is -0.926. The van der Waals surface area contributed by atoms with Crippen molar-refractivity contribution in [1.29, 1.82) is 0 Å². The van der Waals surface area contributed by atoms with Gasteiger partial charge < -0.3 is 4.74 Å². The maximum atomic E-state index is 13.0. The summed E-state index contributed by atoms with van der Waals surface area (Å²) in [7, 11) is 1.43. The lowest BCUT2D eigenvalue weighted by Crippen LogP contribution is -2.09. The summed E-state index contributed by atoms with van der Waals surface area (Å²) in [6, 6.07) is 2.15. The van der Waals surface area contributed by atoms with E-state index in [9.17, 15) is 13.2 Å². The summed E-state index contributed by atoms with van der Waals surface area (Å²) >= 11 is 5.79. The van der Waals surface area contributed by atoms with E-state index in [0.29, 0.717) is 0 Å². The van der Waals surface area contributed by atoms with Crippen molar-refractivity contribution in [2.24, 2.45) is 0 Å². The van der Waals surface area contributed by atoms with Crippen molar-refractivity contribution in [3.63, 3.8) is 0 Å². The summed E-state index contributed by atoms with van der Waals surface area (Å²) < 4.78 is 43.7. The highest BCUT2D eigenvalue weighted by molar-refractivity contribution is 6.29. The van der Waals surface area contributed by atoms with Gasteiger partial charge in [0.15, 0.2) is 5.82 Å². The molecule has 0 amide bonds. The number of rotatable bonds is 3. The first kappa shape index (κ1) is 14.7. The summed E-state index contributed by atoms with van der Waals surface area (Å²) in [6.07, 6.45) is -2.33. The molecular formula is C12H9ClF3N3O. The van der Waals surface area contributed by atoms with Gasteiger partial charge in [-0.05, 0) is 6.07 Å². The number of aromatic nitrogens is 3. The van der Waals surface area contributed by atoms with Gasteiger partial charge in [-0.15, -0.1) is 0 Å². The second-order valence-electron chi connectivity index (χ2n) is 3.84. The Morgan fingerprint density at radius 1 is 1.30 bits per heavy atom. The summed E-state index contributed by atoms with van der Waals surface area (Å²) in [5.74, 6) is 0.201. The highest BCUT2D eigenvalue weighted by atomic mass is 35.5. The molecule has 0 radical (unpaired) electrons. The van der Waals surface area contributed by atoms with Crippen LogP contribution in [0.3, 0.4) is 0 Å². The van der Waals surface area contributed by atoms with Crippen LogP contribution in [0.25, 0.3) is 11.3 Å². The van der Waals surface area contributed by atoms with Crippen molar-refractivity contribution in [2.45, 2.75) is 12.8 Å². The second-order valence-corrected chi connectivity index (χ2v) is 4.23. The van der Waals surface area contributed by atoms with Gasteiger partial charge in [0.25, 0.3) is 0 Å². The van der Waals surface area contributed by atoms with Crippen LogP contribution < -0.4 is 0 Å². The van der Waals surface area contributed by atoms with Crippen LogP contribution in [0.2, 0.25) is 5.15 Å². The van der Waals surface area contributed by atoms with Crippen molar-refractivity contribution in [3.05, 3.63) is 41.1 Å². The normalized spacial score (nSPS) is 11.7. The van der Waals surface area contributed by atoms with E-state index in [0.717, 1.165) is 18.5 Å². The summed E-state index contributed by atoms with van der Waals surface area (Å²) in [5, 5.41) is 0.0408. The number of hydrogen-bond acceptors (Lipinski definition) is 4. The standard InChI is InChI=1S/C12H9ClF3N3O/c1-20-6-11-18-9(4-10(13)19-11)7-5-17-3-2-8(7)12(14,15)16/h2-5H,6H2,1H3. The zero-order valence-electron chi connectivity index (χ0n) is 10.3. The van der Waals surface area contributed by atoms with Crippen LogP contribution >= 0.6 is 11.6 Å². The van der Waals surface area contributed by atoms with Gasteiger partial charge in [0.2, 0.25) is 0 Å². The molecule has 2 aromatic heterocycles. The Labute approximate surface area is 117 Å². The van der Waals surface area contributed by atoms with Crippen molar-refractivity contribution < 1.29 is 17.9 Å². The third-order valence-corrected chi connectivity index (χ3v) is 2.61. The van der Waals surface area contributed by atoms with E-state index in [-0.39, 0.29) is 28.8 Å². The first-order valence-corrected chi connectivity index (χ1v) is 5.83. The fourth-order valence-corrected chi connectivity index (χ4v) is 1.84. The van der Waals surface area contributed by atoms with Gasteiger partial charge in [-0.2, -0.15) is 13.2 Å². The maximum absolute atomic E-state index is 13.0. The largest absolute Gasteiger partial charge is 0.417 e. The average Bonchev–Trinajstić information content (AvgIpc) is 2.37. The van der Waals surface area contributed by atoms with Crippen LogP contribution in [0.4, 0.5) is 13.2 Å². The minimum absolute atomic E-state index is 0.0408. The lowest BCUT2D eigenvalue weighted by molar-refractivity contribution is -0.137. The van der Waals surface area contributed by atoms with Crippen molar-refractivity contribution in [2.75, 3.05) is 7.11 Å². The Hall–Kier alpha value is -1.73. The topological polar surface area (TPSA) is 47.9 Å². The van der Waals surface area contributed by atoms with Crippen LogP contribution in [-0.2, 0) is 17.5 Å². The van der Waals surface area contributed by atoms with E-state index < -0.39 is 11.7 Å². The molecule has 4 nitrogen and oxygen atoms in total. The zero-order valence-corrected chi connectivity index (χ0v) is 11.0. The number of pyridine rings is 1. The summed E-state index contributed by atoms with van der Waals surface area (Å²) in [6.45, 7) is 0.0508. The van der Waals surface area contributed by atoms with Crippen LogP contribution in [0.5, 0.6) is 0 Å². The molecule has 0 saturated heterocycles. The molecule has 0 saturated carbocycles. The van der Waals surface area contributed by atoms with Gasteiger partial charge in [-0.25, -0.2) is 9.97 Å². The van der Waals surface area contributed by atoms with E-state index in [1.165, 1.54) is 13.2 Å². The first-order chi connectivity index (χ1) is 9.41. The van der Waals surface area contributed by atoms with E-state index >= 15 is 0 Å². The minimum Gasteiger partial charge on any atom is -0.377 e. The van der Waals surface area contributed by atoms with Crippen molar-refractivity contribution >= 4 is 11.6 Å². The number of hydrogen-bond donors (Lipinski definition) is 0.